The molecular weight excluding hydrogens is 302 g/mol. The lowest BCUT2D eigenvalue weighted by atomic mass is 10.2. The zero-order chi connectivity index (χ0) is 16.1. The molecule has 0 saturated carbocycles. The highest BCUT2D eigenvalue weighted by atomic mass is 32.2. The van der Waals surface area contributed by atoms with Gasteiger partial charge in [-0.1, -0.05) is 11.8 Å². The van der Waals surface area contributed by atoms with Crippen molar-refractivity contribution in [3.8, 4) is 0 Å². The molecule has 0 spiro atoms. The van der Waals surface area contributed by atoms with E-state index in [0.29, 0.717) is 5.69 Å². The number of anilines is 1. The maximum atomic E-state index is 12.1. The summed E-state index contributed by atoms with van der Waals surface area (Å²) in [4.78, 5) is 31.0. The number of nitrogens with one attached hydrogen (secondary N) is 1. The van der Waals surface area contributed by atoms with Gasteiger partial charge in [-0.2, -0.15) is 0 Å². The molecule has 1 aromatic heterocycles. The van der Waals surface area contributed by atoms with Crippen LogP contribution in [0.5, 0.6) is 0 Å². The van der Waals surface area contributed by atoms with Crippen molar-refractivity contribution >= 4 is 29.3 Å². The Kier molecular flexibility index (Phi) is 5.11. The van der Waals surface area contributed by atoms with Gasteiger partial charge in [-0.15, -0.1) is 0 Å². The molecule has 1 atom stereocenters. The van der Waals surface area contributed by atoms with Gasteiger partial charge in [0, 0.05) is 11.4 Å². The number of rotatable bonds is 5. The third-order valence-electron chi connectivity index (χ3n) is 2.84. The lowest BCUT2D eigenvalue weighted by Gasteiger charge is -2.11. The number of benzene rings is 1. The van der Waals surface area contributed by atoms with E-state index in [1.807, 2.05) is 13.0 Å². The summed E-state index contributed by atoms with van der Waals surface area (Å²) in [7, 11) is 0. The number of carboxylic acid groups (broad SMARTS) is 1. The summed E-state index contributed by atoms with van der Waals surface area (Å²) in [5, 5.41) is 12.0. The SMILES string of the molecule is Cc1cc(S[C@@H](C)C(=O)Nc2ccc(C(=O)O)cc2)ncn1. The van der Waals surface area contributed by atoms with E-state index in [-0.39, 0.29) is 16.7 Å². The van der Waals surface area contributed by atoms with Crippen molar-refractivity contribution in [1.82, 2.24) is 9.97 Å². The first kappa shape index (κ1) is 16.0. The highest BCUT2D eigenvalue weighted by Crippen LogP contribution is 2.22. The zero-order valence-corrected chi connectivity index (χ0v) is 12.9. The number of aryl methyl sites for hydroxylation is 1. The molecule has 0 aliphatic rings. The standard InChI is InChI=1S/C15H15N3O3S/c1-9-7-13(17-8-16-9)22-10(2)14(19)18-12-5-3-11(4-6-12)15(20)21/h3-8,10H,1-2H3,(H,18,19)(H,20,21)/t10-/m0/s1. The molecule has 0 bridgehead atoms. The van der Waals surface area contributed by atoms with Crippen molar-refractivity contribution in [2.75, 3.05) is 5.32 Å². The minimum Gasteiger partial charge on any atom is -0.478 e. The molecule has 0 fully saturated rings. The van der Waals surface area contributed by atoms with Crippen LogP contribution >= 0.6 is 11.8 Å². The van der Waals surface area contributed by atoms with Gasteiger partial charge in [0.2, 0.25) is 5.91 Å². The summed E-state index contributed by atoms with van der Waals surface area (Å²) in [6.07, 6.45) is 1.47. The van der Waals surface area contributed by atoms with E-state index in [0.717, 1.165) is 10.7 Å². The average molecular weight is 317 g/mol. The molecule has 0 aliphatic heterocycles. The van der Waals surface area contributed by atoms with E-state index < -0.39 is 5.97 Å². The Morgan fingerprint density at radius 3 is 2.50 bits per heavy atom. The van der Waals surface area contributed by atoms with Gasteiger partial charge in [0.05, 0.1) is 10.8 Å². The average Bonchev–Trinajstić information content (AvgIpc) is 2.47. The van der Waals surface area contributed by atoms with Gasteiger partial charge in [-0.25, -0.2) is 14.8 Å². The molecular formula is C15H15N3O3S. The normalized spacial score (nSPS) is 11.7. The van der Waals surface area contributed by atoms with Gasteiger partial charge < -0.3 is 10.4 Å². The first-order valence-corrected chi connectivity index (χ1v) is 7.43. The van der Waals surface area contributed by atoms with Crippen molar-refractivity contribution in [3.63, 3.8) is 0 Å². The highest BCUT2D eigenvalue weighted by molar-refractivity contribution is 8.00. The van der Waals surface area contributed by atoms with Crippen LogP contribution in [0.3, 0.4) is 0 Å². The van der Waals surface area contributed by atoms with Gasteiger partial charge >= 0.3 is 5.97 Å². The van der Waals surface area contributed by atoms with E-state index in [1.165, 1.54) is 30.2 Å². The topological polar surface area (TPSA) is 92.2 Å². The van der Waals surface area contributed by atoms with Gasteiger partial charge in [0.1, 0.15) is 11.4 Å². The number of carboxylic acids is 1. The molecule has 2 N–H and O–H groups in total. The van der Waals surface area contributed by atoms with Gasteiger partial charge in [0.15, 0.2) is 0 Å². The highest BCUT2D eigenvalue weighted by Gasteiger charge is 2.15. The number of amides is 1. The Balaban J connectivity index is 1.97. The van der Waals surface area contributed by atoms with Crippen LogP contribution in [0, 0.1) is 6.92 Å². The molecule has 2 aromatic rings. The number of aromatic carboxylic acids is 1. The fourth-order valence-electron chi connectivity index (χ4n) is 1.67. The molecule has 114 valence electrons. The number of thioether (sulfide) groups is 1. The van der Waals surface area contributed by atoms with E-state index in [4.69, 9.17) is 5.11 Å². The first-order valence-electron chi connectivity index (χ1n) is 6.55. The second-order valence-electron chi connectivity index (χ2n) is 4.63. The third kappa shape index (κ3) is 4.29. The number of hydrogen-bond donors (Lipinski definition) is 2. The zero-order valence-electron chi connectivity index (χ0n) is 12.1. The van der Waals surface area contributed by atoms with E-state index in [2.05, 4.69) is 15.3 Å². The molecule has 0 saturated heterocycles. The summed E-state index contributed by atoms with van der Waals surface area (Å²) in [5.41, 5.74) is 1.58. The second kappa shape index (κ2) is 7.04. The molecule has 1 heterocycles. The quantitative estimate of drug-likeness (QED) is 0.650. The van der Waals surface area contributed by atoms with Crippen LogP contribution in [0.4, 0.5) is 5.69 Å². The fraction of sp³-hybridized carbons (Fsp3) is 0.200. The number of carbonyl (C=O) groups is 2. The van der Waals surface area contributed by atoms with E-state index >= 15 is 0 Å². The number of carbonyl (C=O) groups excluding carboxylic acids is 1. The second-order valence-corrected chi connectivity index (χ2v) is 5.99. The maximum Gasteiger partial charge on any atom is 0.335 e. The van der Waals surface area contributed by atoms with Gasteiger partial charge in [-0.05, 0) is 44.2 Å². The summed E-state index contributed by atoms with van der Waals surface area (Å²) in [5.74, 6) is -1.18. The predicted octanol–water partition coefficient (Wildman–Crippen LogP) is 2.60. The van der Waals surface area contributed by atoms with Crippen LogP contribution in [-0.4, -0.2) is 32.2 Å². The molecule has 1 aromatic carbocycles. The minimum atomic E-state index is -0.999. The number of aromatic nitrogens is 2. The Morgan fingerprint density at radius 2 is 1.91 bits per heavy atom. The Bertz CT molecular complexity index is 689. The van der Waals surface area contributed by atoms with Crippen molar-refractivity contribution in [3.05, 3.63) is 47.9 Å². The molecule has 0 aliphatic carbocycles. The number of nitrogens with zero attached hydrogens (tertiary/aromatic N) is 2. The molecule has 7 heteroatoms. The lowest BCUT2D eigenvalue weighted by Crippen LogP contribution is -2.22. The predicted molar refractivity (Wildman–Crippen MR) is 84.1 cm³/mol. The van der Waals surface area contributed by atoms with E-state index in [1.54, 1.807) is 19.1 Å². The summed E-state index contributed by atoms with van der Waals surface area (Å²) >= 11 is 1.34. The Hall–Kier alpha value is -2.41. The van der Waals surface area contributed by atoms with Crippen LogP contribution in [0.2, 0.25) is 0 Å². The maximum absolute atomic E-state index is 12.1. The van der Waals surface area contributed by atoms with Crippen LogP contribution in [0.25, 0.3) is 0 Å². The molecule has 0 radical (unpaired) electrons. The number of hydrogen-bond acceptors (Lipinski definition) is 5. The van der Waals surface area contributed by atoms with Crippen LogP contribution in [0.1, 0.15) is 23.0 Å². The molecule has 0 unspecified atom stereocenters. The fourth-order valence-corrected chi connectivity index (χ4v) is 2.54. The van der Waals surface area contributed by atoms with Crippen LogP contribution in [-0.2, 0) is 4.79 Å². The van der Waals surface area contributed by atoms with Crippen molar-refractivity contribution in [2.24, 2.45) is 0 Å². The minimum absolute atomic E-state index is 0.177. The van der Waals surface area contributed by atoms with Crippen molar-refractivity contribution < 1.29 is 14.7 Å². The summed E-state index contributed by atoms with van der Waals surface area (Å²) in [6.45, 7) is 3.64. The van der Waals surface area contributed by atoms with Crippen molar-refractivity contribution in [1.29, 1.82) is 0 Å². The van der Waals surface area contributed by atoms with Crippen LogP contribution in [0.15, 0.2) is 41.7 Å². The van der Waals surface area contributed by atoms with Crippen LogP contribution < -0.4 is 5.32 Å². The van der Waals surface area contributed by atoms with Gasteiger partial charge in [-0.3, -0.25) is 4.79 Å². The Morgan fingerprint density at radius 1 is 1.23 bits per heavy atom. The monoisotopic (exact) mass is 317 g/mol. The molecule has 1 amide bonds. The summed E-state index contributed by atoms with van der Waals surface area (Å²) in [6, 6.07) is 7.84. The summed E-state index contributed by atoms with van der Waals surface area (Å²) < 4.78 is 0. The Labute approximate surface area is 132 Å². The third-order valence-corrected chi connectivity index (χ3v) is 3.88. The lowest BCUT2D eigenvalue weighted by molar-refractivity contribution is -0.115. The largest absolute Gasteiger partial charge is 0.478 e. The molecule has 2 rings (SSSR count). The molecule has 6 nitrogen and oxygen atoms in total. The first-order chi connectivity index (χ1) is 10.5. The van der Waals surface area contributed by atoms with Gasteiger partial charge in [0.25, 0.3) is 0 Å². The van der Waals surface area contributed by atoms with E-state index in [9.17, 15) is 9.59 Å². The smallest absolute Gasteiger partial charge is 0.335 e. The van der Waals surface area contributed by atoms with Crippen molar-refractivity contribution in [2.45, 2.75) is 24.1 Å². The molecule has 22 heavy (non-hydrogen) atoms.